The quantitative estimate of drug-likeness (QED) is 0.682. The number of allylic oxidation sites excluding steroid dienone is 1. The summed E-state index contributed by atoms with van der Waals surface area (Å²) in [7, 11) is 0. The summed E-state index contributed by atoms with van der Waals surface area (Å²) in [6.07, 6.45) is 4.33. The third-order valence-corrected chi connectivity index (χ3v) is 2.63. The van der Waals surface area contributed by atoms with Crippen molar-refractivity contribution in [1.29, 1.82) is 0 Å². The van der Waals surface area contributed by atoms with E-state index in [4.69, 9.17) is 11.6 Å². The van der Waals surface area contributed by atoms with Crippen LogP contribution in [0.2, 0.25) is 5.02 Å². The Kier molecular flexibility index (Phi) is 2.78. The van der Waals surface area contributed by atoms with E-state index in [1.165, 1.54) is 0 Å². The van der Waals surface area contributed by atoms with Crippen molar-refractivity contribution in [1.82, 2.24) is 0 Å². The van der Waals surface area contributed by atoms with Crippen LogP contribution in [0.3, 0.4) is 0 Å². The number of hydrogen-bond donors (Lipinski definition) is 1. The highest BCUT2D eigenvalue weighted by Gasteiger charge is 2.14. The maximum absolute atomic E-state index is 11.8. The Labute approximate surface area is 93.9 Å². The van der Waals surface area contributed by atoms with Crippen molar-refractivity contribution in [2.75, 3.05) is 5.32 Å². The van der Waals surface area contributed by atoms with Crippen molar-refractivity contribution >= 4 is 23.1 Å². The molecular formula is C12H12ClNO. The van der Waals surface area contributed by atoms with Gasteiger partial charge in [-0.25, -0.2) is 0 Å². The fraction of sp³-hybridized carbons (Fsp3) is 0.250. The number of benzene rings is 1. The van der Waals surface area contributed by atoms with E-state index in [0.29, 0.717) is 17.0 Å². The first kappa shape index (κ1) is 10.2. The molecule has 78 valence electrons. The molecule has 1 aromatic carbocycles. The molecule has 0 bridgehead atoms. The van der Waals surface area contributed by atoms with Gasteiger partial charge in [0.15, 0.2) is 5.78 Å². The van der Waals surface area contributed by atoms with E-state index in [1.807, 2.05) is 25.1 Å². The van der Waals surface area contributed by atoms with Crippen LogP contribution < -0.4 is 5.32 Å². The van der Waals surface area contributed by atoms with Gasteiger partial charge in [0, 0.05) is 28.7 Å². The van der Waals surface area contributed by atoms with E-state index in [-0.39, 0.29) is 11.8 Å². The van der Waals surface area contributed by atoms with Crippen LogP contribution in [0, 0.1) is 0 Å². The summed E-state index contributed by atoms with van der Waals surface area (Å²) in [5, 5.41) is 3.85. The molecule has 1 unspecified atom stereocenters. The van der Waals surface area contributed by atoms with Crippen LogP contribution >= 0.6 is 11.6 Å². The van der Waals surface area contributed by atoms with Crippen molar-refractivity contribution in [3.63, 3.8) is 0 Å². The molecule has 0 spiro atoms. The number of carbonyl (C=O) groups is 1. The zero-order chi connectivity index (χ0) is 10.8. The Hall–Kier alpha value is -1.28. The second kappa shape index (κ2) is 4.07. The highest BCUT2D eigenvalue weighted by atomic mass is 35.5. The third kappa shape index (κ3) is 2.21. The zero-order valence-electron chi connectivity index (χ0n) is 8.46. The molecule has 0 radical (unpaired) electrons. The van der Waals surface area contributed by atoms with Crippen LogP contribution in [-0.2, 0) is 0 Å². The minimum Gasteiger partial charge on any atom is -0.379 e. The van der Waals surface area contributed by atoms with Crippen molar-refractivity contribution in [3.8, 4) is 0 Å². The molecule has 0 saturated heterocycles. The van der Waals surface area contributed by atoms with E-state index in [9.17, 15) is 4.79 Å². The topological polar surface area (TPSA) is 29.1 Å². The van der Waals surface area contributed by atoms with Gasteiger partial charge in [-0.15, -0.1) is 0 Å². The number of halogens is 1. The van der Waals surface area contributed by atoms with Gasteiger partial charge in [-0.05, 0) is 25.1 Å². The van der Waals surface area contributed by atoms with Gasteiger partial charge in [-0.3, -0.25) is 4.79 Å². The molecule has 2 rings (SSSR count). The number of ketones is 1. The first-order chi connectivity index (χ1) is 7.16. The van der Waals surface area contributed by atoms with Crippen molar-refractivity contribution in [3.05, 3.63) is 40.9 Å². The van der Waals surface area contributed by atoms with Gasteiger partial charge in [0.05, 0.1) is 0 Å². The highest BCUT2D eigenvalue weighted by molar-refractivity contribution is 6.31. The third-order valence-electron chi connectivity index (χ3n) is 2.39. The predicted octanol–water partition coefficient (Wildman–Crippen LogP) is 3.28. The summed E-state index contributed by atoms with van der Waals surface area (Å²) in [6.45, 7) is 2.05. The Bertz CT molecular complexity index is 426. The van der Waals surface area contributed by atoms with Gasteiger partial charge in [0.1, 0.15) is 0 Å². The number of nitrogens with one attached hydrogen (secondary N) is 1. The fourth-order valence-electron chi connectivity index (χ4n) is 1.66. The molecule has 1 N–H and O–H groups in total. The number of Topliss-reactive ketones (excluding diaryl/α,β-unsaturated/α-hetero) is 1. The van der Waals surface area contributed by atoms with Gasteiger partial charge in [0.2, 0.25) is 0 Å². The van der Waals surface area contributed by atoms with Crippen LogP contribution in [0.5, 0.6) is 0 Å². The molecule has 1 aliphatic heterocycles. The van der Waals surface area contributed by atoms with Crippen molar-refractivity contribution < 1.29 is 4.79 Å². The minimum absolute atomic E-state index is 0.100. The van der Waals surface area contributed by atoms with E-state index in [0.717, 1.165) is 5.69 Å². The normalized spacial score (nSPS) is 20.1. The Morgan fingerprint density at radius 1 is 1.47 bits per heavy atom. The number of anilines is 1. The maximum Gasteiger partial charge on any atom is 0.168 e. The minimum atomic E-state index is 0.100. The summed E-state index contributed by atoms with van der Waals surface area (Å²) in [5.41, 5.74) is 1.54. The largest absolute Gasteiger partial charge is 0.379 e. The summed E-state index contributed by atoms with van der Waals surface area (Å²) in [6, 6.07) is 5.60. The van der Waals surface area contributed by atoms with Gasteiger partial charge in [-0.2, -0.15) is 0 Å². The van der Waals surface area contributed by atoms with Crippen LogP contribution in [0.15, 0.2) is 30.4 Å². The molecule has 2 nitrogen and oxygen atoms in total. The Morgan fingerprint density at radius 3 is 3.07 bits per heavy atom. The molecule has 0 saturated carbocycles. The number of fused-ring (bicyclic) bond motifs is 1. The van der Waals surface area contributed by atoms with Crippen LogP contribution in [0.4, 0.5) is 5.69 Å². The fourth-order valence-corrected chi connectivity index (χ4v) is 1.83. The first-order valence-corrected chi connectivity index (χ1v) is 5.30. The van der Waals surface area contributed by atoms with Gasteiger partial charge in [0.25, 0.3) is 0 Å². The average molecular weight is 222 g/mol. The molecule has 1 heterocycles. The Morgan fingerprint density at radius 2 is 2.27 bits per heavy atom. The van der Waals surface area contributed by atoms with Crippen molar-refractivity contribution in [2.45, 2.75) is 19.4 Å². The molecule has 15 heavy (non-hydrogen) atoms. The lowest BCUT2D eigenvalue weighted by molar-refractivity contribution is 0.0996. The lowest BCUT2D eigenvalue weighted by Gasteiger charge is -2.17. The second-order valence-electron chi connectivity index (χ2n) is 3.68. The van der Waals surface area contributed by atoms with Crippen LogP contribution in [-0.4, -0.2) is 11.8 Å². The van der Waals surface area contributed by atoms with E-state index >= 15 is 0 Å². The standard InChI is InChI=1S/C12H12ClNO/c1-8-3-2-4-12(15)10-7-9(13)5-6-11(10)14-8/h2-3,5-8,14H,4H2,1H3. The Balaban J connectivity index is 2.46. The molecule has 0 aromatic heterocycles. The predicted molar refractivity (Wildman–Crippen MR) is 62.6 cm³/mol. The van der Waals surface area contributed by atoms with Crippen molar-refractivity contribution in [2.24, 2.45) is 0 Å². The van der Waals surface area contributed by atoms with Crippen LogP contribution in [0.1, 0.15) is 23.7 Å². The number of rotatable bonds is 0. The molecule has 0 aliphatic carbocycles. The maximum atomic E-state index is 11.8. The summed E-state index contributed by atoms with van der Waals surface area (Å²) in [5.74, 6) is 0.100. The van der Waals surface area contributed by atoms with E-state index in [2.05, 4.69) is 5.32 Å². The van der Waals surface area contributed by atoms with Gasteiger partial charge in [-0.1, -0.05) is 23.8 Å². The molecule has 1 aliphatic rings. The van der Waals surface area contributed by atoms with Gasteiger partial charge >= 0.3 is 0 Å². The van der Waals surface area contributed by atoms with E-state index < -0.39 is 0 Å². The number of carbonyl (C=O) groups excluding carboxylic acids is 1. The average Bonchev–Trinajstić information content (AvgIpc) is 2.18. The molecule has 1 atom stereocenters. The molecule has 0 fully saturated rings. The summed E-state index contributed by atoms with van der Waals surface area (Å²) < 4.78 is 0. The number of hydrogen-bond acceptors (Lipinski definition) is 2. The molecule has 0 amide bonds. The molecule has 3 heteroatoms. The second-order valence-corrected chi connectivity index (χ2v) is 4.11. The zero-order valence-corrected chi connectivity index (χ0v) is 9.21. The lowest BCUT2D eigenvalue weighted by Crippen LogP contribution is -2.17. The SMILES string of the molecule is CC1C=CCC(=O)c2cc(Cl)ccc2N1. The lowest BCUT2D eigenvalue weighted by atomic mass is 10.0. The first-order valence-electron chi connectivity index (χ1n) is 4.93. The smallest absolute Gasteiger partial charge is 0.168 e. The monoisotopic (exact) mass is 221 g/mol. The van der Waals surface area contributed by atoms with Crippen LogP contribution in [0.25, 0.3) is 0 Å². The van der Waals surface area contributed by atoms with E-state index in [1.54, 1.807) is 12.1 Å². The summed E-state index contributed by atoms with van der Waals surface area (Å²) >= 11 is 5.87. The molecular weight excluding hydrogens is 210 g/mol. The molecule has 1 aromatic rings. The van der Waals surface area contributed by atoms with Gasteiger partial charge < -0.3 is 5.32 Å². The highest BCUT2D eigenvalue weighted by Crippen LogP contribution is 2.24. The summed E-state index contributed by atoms with van der Waals surface area (Å²) in [4.78, 5) is 11.8.